The zero-order valence-corrected chi connectivity index (χ0v) is 19.1. The first-order valence-electron chi connectivity index (χ1n) is 11.8. The monoisotopic (exact) mass is 459 g/mol. The smallest absolute Gasteiger partial charge is 0.261 e. The zero-order valence-electron chi connectivity index (χ0n) is 19.1. The van der Waals surface area contributed by atoms with E-state index in [1.807, 2.05) is 54.6 Å². The van der Waals surface area contributed by atoms with Gasteiger partial charge in [-0.05, 0) is 29.7 Å². The molecule has 2 aliphatic rings. The molecular weight excluding hydrogens is 430 g/mol. The van der Waals surface area contributed by atoms with Crippen molar-refractivity contribution in [2.45, 2.75) is 6.10 Å². The van der Waals surface area contributed by atoms with Gasteiger partial charge in [0, 0.05) is 62.3 Å². The number of carbonyl (C=O) groups excluding carboxylic acids is 2. The Bertz CT molecular complexity index is 1120. The number of para-hydroxylation sites is 1. The molecule has 1 saturated heterocycles. The van der Waals surface area contributed by atoms with Gasteiger partial charge in [0.05, 0.1) is 0 Å². The lowest BCUT2D eigenvalue weighted by molar-refractivity contribution is 0.0416. The standard InChI is InChI=1S/C27H29N3O4/c31-21(19-34-22-8-2-1-3-9-22)18-29-14-12-28(13-15-29)16-17-30-26(32)23-10-4-6-20-7-5-11-24(25(20)23)27(30)33/h1-11,21,31H,12-19H2/t21-/m0/s1. The van der Waals surface area contributed by atoms with E-state index < -0.39 is 6.10 Å². The van der Waals surface area contributed by atoms with E-state index in [-0.39, 0.29) is 18.4 Å². The third-order valence-electron chi connectivity index (χ3n) is 6.62. The van der Waals surface area contributed by atoms with E-state index in [9.17, 15) is 14.7 Å². The summed E-state index contributed by atoms with van der Waals surface area (Å²) in [6, 6.07) is 20.7. The number of hydrogen-bond donors (Lipinski definition) is 1. The number of carbonyl (C=O) groups is 2. The largest absolute Gasteiger partial charge is 0.491 e. The van der Waals surface area contributed by atoms with Crippen molar-refractivity contribution in [2.24, 2.45) is 0 Å². The molecule has 3 aromatic rings. The van der Waals surface area contributed by atoms with Gasteiger partial charge in [0.2, 0.25) is 0 Å². The third kappa shape index (κ3) is 4.68. The maximum absolute atomic E-state index is 13.1. The second-order valence-electron chi connectivity index (χ2n) is 8.89. The number of amides is 2. The number of aliphatic hydroxyl groups excluding tert-OH is 1. The highest BCUT2D eigenvalue weighted by atomic mass is 16.5. The van der Waals surface area contributed by atoms with Crippen LogP contribution < -0.4 is 4.74 Å². The van der Waals surface area contributed by atoms with Gasteiger partial charge in [0.25, 0.3) is 11.8 Å². The van der Waals surface area contributed by atoms with Gasteiger partial charge in [-0.15, -0.1) is 0 Å². The van der Waals surface area contributed by atoms with Crippen molar-refractivity contribution in [3.8, 4) is 5.75 Å². The molecule has 0 radical (unpaired) electrons. The molecule has 2 amide bonds. The van der Waals surface area contributed by atoms with Crippen molar-refractivity contribution in [2.75, 3.05) is 52.4 Å². The third-order valence-corrected chi connectivity index (χ3v) is 6.62. The number of hydrogen-bond acceptors (Lipinski definition) is 6. The fraction of sp³-hybridized carbons (Fsp3) is 0.333. The first kappa shape index (κ1) is 22.5. The summed E-state index contributed by atoms with van der Waals surface area (Å²) in [6.07, 6.45) is -0.557. The number of nitrogens with zero attached hydrogens (tertiary/aromatic N) is 3. The minimum atomic E-state index is -0.557. The van der Waals surface area contributed by atoms with Gasteiger partial charge in [-0.3, -0.25) is 24.3 Å². The second-order valence-corrected chi connectivity index (χ2v) is 8.89. The van der Waals surface area contributed by atoms with Crippen LogP contribution in [0.3, 0.4) is 0 Å². The molecule has 1 N–H and O–H groups in total. The molecule has 1 fully saturated rings. The van der Waals surface area contributed by atoms with Crippen molar-refractivity contribution in [3.05, 3.63) is 77.9 Å². The Kier molecular flexibility index (Phi) is 6.58. The topological polar surface area (TPSA) is 73.3 Å². The van der Waals surface area contributed by atoms with E-state index in [2.05, 4.69) is 9.80 Å². The lowest BCUT2D eigenvalue weighted by Gasteiger charge is -2.36. The van der Waals surface area contributed by atoms with Crippen LogP contribution in [0.2, 0.25) is 0 Å². The molecule has 7 heteroatoms. The normalized spacial score (nSPS) is 17.9. The van der Waals surface area contributed by atoms with Crippen LogP contribution in [0.4, 0.5) is 0 Å². The van der Waals surface area contributed by atoms with Crippen LogP contribution in [0.1, 0.15) is 20.7 Å². The summed E-state index contributed by atoms with van der Waals surface area (Å²) in [5, 5.41) is 12.0. The summed E-state index contributed by atoms with van der Waals surface area (Å²) in [5.74, 6) is 0.330. The van der Waals surface area contributed by atoms with Gasteiger partial charge in [0.15, 0.2) is 0 Å². The molecule has 176 valence electrons. The van der Waals surface area contributed by atoms with E-state index in [1.54, 1.807) is 12.1 Å². The first-order chi connectivity index (χ1) is 16.6. The van der Waals surface area contributed by atoms with Gasteiger partial charge in [0.1, 0.15) is 18.5 Å². The van der Waals surface area contributed by atoms with Gasteiger partial charge in [-0.2, -0.15) is 0 Å². The summed E-state index contributed by atoms with van der Waals surface area (Å²) >= 11 is 0. The van der Waals surface area contributed by atoms with E-state index in [1.165, 1.54) is 4.90 Å². The minimum Gasteiger partial charge on any atom is -0.491 e. The van der Waals surface area contributed by atoms with Crippen molar-refractivity contribution < 1.29 is 19.4 Å². The highest BCUT2D eigenvalue weighted by Gasteiger charge is 2.33. The number of aliphatic hydroxyl groups is 1. The molecule has 0 saturated carbocycles. The van der Waals surface area contributed by atoms with Crippen LogP contribution in [0.25, 0.3) is 10.8 Å². The molecule has 34 heavy (non-hydrogen) atoms. The first-order valence-corrected chi connectivity index (χ1v) is 11.8. The highest BCUT2D eigenvalue weighted by molar-refractivity contribution is 6.25. The van der Waals surface area contributed by atoms with Crippen LogP contribution in [0, 0.1) is 0 Å². The van der Waals surface area contributed by atoms with Gasteiger partial charge in [-0.25, -0.2) is 0 Å². The average molecular weight is 460 g/mol. The average Bonchev–Trinajstić information content (AvgIpc) is 2.87. The van der Waals surface area contributed by atoms with Crippen molar-refractivity contribution in [1.82, 2.24) is 14.7 Å². The van der Waals surface area contributed by atoms with Crippen LogP contribution in [0.15, 0.2) is 66.7 Å². The Balaban J connectivity index is 1.11. The minimum absolute atomic E-state index is 0.213. The van der Waals surface area contributed by atoms with E-state index >= 15 is 0 Å². The molecule has 0 unspecified atom stereocenters. The number of ether oxygens (including phenoxy) is 1. The Hall–Kier alpha value is -3.26. The molecular formula is C27H29N3O4. The number of rotatable bonds is 8. The molecule has 3 aromatic carbocycles. The number of benzene rings is 3. The van der Waals surface area contributed by atoms with Gasteiger partial charge >= 0.3 is 0 Å². The van der Waals surface area contributed by atoms with Gasteiger partial charge in [-0.1, -0.05) is 42.5 Å². The molecule has 7 nitrogen and oxygen atoms in total. The fourth-order valence-corrected chi connectivity index (χ4v) is 4.78. The van der Waals surface area contributed by atoms with Crippen molar-refractivity contribution in [1.29, 1.82) is 0 Å². The summed E-state index contributed by atoms with van der Waals surface area (Å²) in [7, 11) is 0. The molecule has 0 spiro atoms. The quantitative estimate of drug-likeness (QED) is 0.522. The predicted molar refractivity (Wildman–Crippen MR) is 130 cm³/mol. The molecule has 2 aliphatic heterocycles. The molecule has 0 bridgehead atoms. The predicted octanol–water partition coefficient (Wildman–Crippen LogP) is 2.49. The summed E-state index contributed by atoms with van der Waals surface area (Å²) in [5.41, 5.74) is 1.20. The van der Waals surface area contributed by atoms with Crippen molar-refractivity contribution >= 4 is 22.6 Å². The number of imide groups is 1. The van der Waals surface area contributed by atoms with Crippen LogP contribution in [0.5, 0.6) is 5.75 Å². The highest BCUT2D eigenvalue weighted by Crippen LogP contribution is 2.29. The summed E-state index contributed by atoms with van der Waals surface area (Å²) < 4.78 is 5.65. The molecule has 0 aromatic heterocycles. The Morgan fingerprint density at radius 3 is 2.03 bits per heavy atom. The second kappa shape index (κ2) is 9.93. The lowest BCUT2D eigenvalue weighted by Crippen LogP contribution is -2.51. The number of piperazine rings is 1. The Morgan fingerprint density at radius 1 is 0.765 bits per heavy atom. The maximum Gasteiger partial charge on any atom is 0.261 e. The van der Waals surface area contributed by atoms with Crippen LogP contribution >= 0.6 is 0 Å². The molecule has 2 heterocycles. The van der Waals surface area contributed by atoms with Gasteiger partial charge < -0.3 is 9.84 Å². The Morgan fingerprint density at radius 2 is 1.38 bits per heavy atom. The zero-order chi connectivity index (χ0) is 23.5. The molecule has 1 atom stereocenters. The molecule has 0 aliphatic carbocycles. The fourth-order valence-electron chi connectivity index (χ4n) is 4.78. The maximum atomic E-state index is 13.1. The Labute approximate surface area is 199 Å². The van der Waals surface area contributed by atoms with E-state index in [0.717, 1.165) is 42.7 Å². The summed E-state index contributed by atoms with van der Waals surface area (Å²) in [4.78, 5) is 32.0. The molecule has 5 rings (SSSR count). The van der Waals surface area contributed by atoms with Crippen molar-refractivity contribution in [3.63, 3.8) is 0 Å². The van der Waals surface area contributed by atoms with E-state index in [4.69, 9.17) is 4.74 Å². The SMILES string of the molecule is O=C1c2cccc3cccc(c23)C(=O)N1CCN1CCN(C[C@H](O)COc2ccccc2)CC1. The van der Waals surface area contributed by atoms with Crippen LogP contribution in [-0.2, 0) is 0 Å². The van der Waals surface area contributed by atoms with Crippen LogP contribution in [-0.4, -0.2) is 90.1 Å². The van der Waals surface area contributed by atoms with E-state index in [0.29, 0.717) is 30.8 Å². The summed E-state index contributed by atoms with van der Waals surface area (Å²) in [6.45, 7) is 5.14. The lowest BCUT2D eigenvalue weighted by atomic mass is 9.94. The number of β-amino-alcohol motifs (C(OH)–C–C–N with tert-alkyl or cyclic N) is 1.